The van der Waals surface area contributed by atoms with Crippen molar-refractivity contribution in [2.24, 2.45) is 0 Å². The summed E-state index contributed by atoms with van der Waals surface area (Å²) in [7, 11) is 1.21. The van der Waals surface area contributed by atoms with Gasteiger partial charge in [-0.2, -0.15) is 0 Å². The van der Waals surface area contributed by atoms with Crippen LogP contribution >= 0.6 is 0 Å². The molecule has 8 heteroatoms. The van der Waals surface area contributed by atoms with Crippen molar-refractivity contribution in [3.05, 3.63) is 42.0 Å². The summed E-state index contributed by atoms with van der Waals surface area (Å²) in [4.78, 5) is 24.4. The number of nitrogens with one attached hydrogen (secondary N) is 2. The van der Waals surface area contributed by atoms with Crippen LogP contribution < -0.4 is 10.6 Å². The van der Waals surface area contributed by atoms with Gasteiger partial charge < -0.3 is 30.7 Å². The van der Waals surface area contributed by atoms with Gasteiger partial charge in [-0.1, -0.05) is 42.5 Å². The molecule has 0 saturated carbocycles. The van der Waals surface area contributed by atoms with Gasteiger partial charge in [0.05, 0.1) is 0 Å². The standard InChI is InChI=1S/C20H28N2O6/c1-28-18(20(27)22-14-9-5-6-12-21-19(14)26)17(25)16(24)15(23)11-10-13-7-3-2-4-8-13/h2-4,7-8,10-11,14-18,23-25H,5-6,9,12H2,1H3,(H,21,26)(H,22,27)/t14-,15+,16-,17+,18+/m0/s1. The molecule has 2 amide bonds. The molecular formula is C20H28N2O6. The van der Waals surface area contributed by atoms with Crippen LogP contribution in [0.15, 0.2) is 36.4 Å². The minimum Gasteiger partial charge on any atom is -0.387 e. The van der Waals surface area contributed by atoms with E-state index in [1.54, 1.807) is 6.08 Å². The van der Waals surface area contributed by atoms with Gasteiger partial charge in [-0.3, -0.25) is 9.59 Å². The van der Waals surface area contributed by atoms with Gasteiger partial charge in [-0.15, -0.1) is 0 Å². The smallest absolute Gasteiger partial charge is 0.252 e. The topological polar surface area (TPSA) is 128 Å². The van der Waals surface area contributed by atoms with Gasteiger partial charge in [0.15, 0.2) is 6.10 Å². The molecule has 5 N–H and O–H groups in total. The summed E-state index contributed by atoms with van der Waals surface area (Å²) in [5, 5.41) is 35.9. The zero-order valence-corrected chi connectivity index (χ0v) is 15.8. The summed E-state index contributed by atoms with van der Waals surface area (Å²) in [6.45, 7) is 0.556. The lowest BCUT2D eigenvalue weighted by Crippen LogP contribution is -2.55. The van der Waals surface area contributed by atoms with E-state index in [0.717, 1.165) is 18.4 Å². The highest BCUT2D eigenvalue weighted by Gasteiger charge is 2.36. The van der Waals surface area contributed by atoms with Crippen LogP contribution in [-0.4, -0.2) is 71.2 Å². The number of aliphatic hydroxyl groups is 3. The SMILES string of the molecule is CO[C@@H](C(=O)N[C@H]1CCCCNC1=O)[C@H](O)[C@@H](O)[C@H](O)C=Cc1ccccc1. The van der Waals surface area contributed by atoms with Gasteiger partial charge in [0.25, 0.3) is 5.91 Å². The molecule has 1 aliphatic heterocycles. The first-order chi connectivity index (χ1) is 13.4. The van der Waals surface area contributed by atoms with Gasteiger partial charge in [0.2, 0.25) is 5.91 Å². The van der Waals surface area contributed by atoms with Gasteiger partial charge >= 0.3 is 0 Å². The number of methoxy groups -OCH3 is 1. The molecule has 5 atom stereocenters. The first kappa shape index (κ1) is 22.0. The largest absolute Gasteiger partial charge is 0.387 e. The fourth-order valence-corrected chi connectivity index (χ4v) is 3.00. The zero-order valence-electron chi connectivity index (χ0n) is 15.8. The molecule has 8 nitrogen and oxygen atoms in total. The third-order valence-corrected chi connectivity index (χ3v) is 4.66. The molecule has 0 aliphatic carbocycles. The van der Waals surface area contributed by atoms with Crippen LogP contribution in [0.3, 0.4) is 0 Å². The highest BCUT2D eigenvalue weighted by Crippen LogP contribution is 2.12. The maximum atomic E-state index is 12.5. The molecule has 1 heterocycles. The number of benzene rings is 1. The van der Waals surface area contributed by atoms with E-state index in [2.05, 4.69) is 10.6 Å². The van der Waals surface area contributed by atoms with E-state index in [9.17, 15) is 24.9 Å². The Morgan fingerprint density at radius 1 is 1.21 bits per heavy atom. The lowest BCUT2D eigenvalue weighted by Gasteiger charge is -2.28. The second-order valence-corrected chi connectivity index (χ2v) is 6.75. The monoisotopic (exact) mass is 392 g/mol. The van der Waals surface area contributed by atoms with Crippen LogP contribution in [0.4, 0.5) is 0 Å². The molecule has 1 saturated heterocycles. The first-order valence-corrected chi connectivity index (χ1v) is 9.32. The molecule has 28 heavy (non-hydrogen) atoms. The Hall–Kier alpha value is -2.26. The van der Waals surface area contributed by atoms with E-state index < -0.39 is 36.4 Å². The molecule has 0 unspecified atom stereocenters. The Morgan fingerprint density at radius 3 is 2.61 bits per heavy atom. The Morgan fingerprint density at radius 2 is 1.93 bits per heavy atom. The molecule has 0 radical (unpaired) electrons. The predicted molar refractivity (Wildman–Crippen MR) is 103 cm³/mol. The van der Waals surface area contributed by atoms with Crippen molar-refractivity contribution in [1.29, 1.82) is 0 Å². The van der Waals surface area contributed by atoms with Crippen LogP contribution in [0.1, 0.15) is 24.8 Å². The highest BCUT2D eigenvalue weighted by atomic mass is 16.5. The van der Waals surface area contributed by atoms with Crippen molar-refractivity contribution in [3.8, 4) is 0 Å². The lowest BCUT2D eigenvalue weighted by atomic mass is 10.0. The van der Waals surface area contributed by atoms with Crippen LogP contribution in [0, 0.1) is 0 Å². The molecule has 1 aromatic rings. The van der Waals surface area contributed by atoms with Crippen molar-refractivity contribution >= 4 is 17.9 Å². The minimum atomic E-state index is -1.69. The quantitative estimate of drug-likeness (QED) is 0.409. The van der Waals surface area contributed by atoms with Crippen molar-refractivity contribution in [2.75, 3.05) is 13.7 Å². The Balaban J connectivity index is 1.98. The normalized spacial score (nSPS) is 22.0. The first-order valence-electron chi connectivity index (χ1n) is 9.32. The number of carbonyl (C=O) groups excluding carboxylic acids is 2. The Labute approximate surface area is 164 Å². The second-order valence-electron chi connectivity index (χ2n) is 6.75. The van der Waals surface area contributed by atoms with Crippen molar-refractivity contribution in [3.63, 3.8) is 0 Å². The van der Waals surface area contributed by atoms with Crippen molar-refractivity contribution in [2.45, 2.75) is 49.7 Å². The minimum absolute atomic E-state index is 0.290. The second kappa shape index (κ2) is 10.9. The fourth-order valence-electron chi connectivity index (χ4n) is 3.00. The van der Waals surface area contributed by atoms with Crippen LogP contribution in [0.5, 0.6) is 0 Å². The number of aliphatic hydroxyl groups excluding tert-OH is 3. The molecule has 2 rings (SSSR count). The number of ether oxygens (including phenoxy) is 1. The highest BCUT2D eigenvalue weighted by molar-refractivity contribution is 5.89. The molecule has 0 spiro atoms. The van der Waals surface area contributed by atoms with Crippen LogP contribution in [-0.2, 0) is 14.3 Å². The molecular weight excluding hydrogens is 364 g/mol. The average molecular weight is 392 g/mol. The number of carbonyl (C=O) groups is 2. The predicted octanol–water partition coefficient (Wildman–Crippen LogP) is -0.418. The Kier molecular flexibility index (Phi) is 8.59. The maximum absolute atomic E-state index is 12.5. The number of rotatable bonds is 8. The zero-order chi connectivity index (χ0) is 20.5. The van der Waals surface area contributed by atoms with E-state index in [1.165, 1.54) is 13.2 Å². The third-order valence-electron chi connectivity index (χ3n) is 4.66. The van der Waals surface area contributed by atoms with E-state index in [1.807, 2.05) is 30.3 Å². The molecule has 1 aliphatic rings. The van der Waals surface area contributed by atoms with Gasteiger partial charge in [0, 0.05) is 13.7 Å². The van der Waals surface area contributed by atoms with Gasteiger partial charge in [-0.05, 0) is 24.8 Å². The fraction of sp³-hybridized carbons (Fsp3) is 0.500. The summed E-state index contributed by atoms with van der Waals surface area (Å²) in [6, 6.07) is 8.41. The molecule has 1 aromatic carbocycles. The molecule has 0 bridgehead atoms. The maximum Gasteiger partial charge on any atom is 0.252 e. The molecule has 0 aromatic heterocycles. The summed E-state index contributed by atoms with van der Waals surface area (Å²) < 4.78 is 5.03. The van der Waals surface area contributed by atoms with E-state index in [4.69, 9.17) is 4.74 Å². The summed E-state index contributed by atoms with van der Waals surface area (Å²) in [6.07, 6.45) is -1.19. The average Bonchev–Trinajstić information content (AvgIpc) is 2.91. The van der Waals surface area contributed by atoms with Gasteiger partial charge in [-0.25, -0.2) is 0 Å². The summed E-state index contributed by atoms with van der Waals surface area (Å²) in [5.74, 6) is -1.02. The number of hydrogen-bond acceptors (Lipinski definition) is 6. The third kappa shape index (κ3) is 6.13. The number of amides is 2. The van der Waals surface area contributed by atoms with Crippen LogP contribution in [0.2, 0.25) is 0 Å². The van der Waals surface area contributed by atoms with E-state index in [-0.39, 0.29) is 5.91 Å². The van der Waals surface area contributed by atoms with Crippen LogP contribution in [0.25, 0.3) is 6.08 Å². The van der Waals surface area contributed by atoms with Crippen molar-refractivity contribution in [1.82, 2.24) is 10.6 Å². The van der Waals surface area contributed by atoms with E-state index in [0.29, 0.717) is 13.0 Å². The van der Waals surface area contributed by atoms with E-state index >= 15 is 0 Å². The Bertz CT molecular complexity index is 666. The molecule has 154 valence electrons. The number of hydrogen-bond donors (Lipinski definition) is 5. The summed E-state index contributed by atoms with van der Waals surface area (Å²) >= 11 is 0. The van der Waals surface area contributed by atoms with Crippen molar-refractivity contribution < 1.29 is 29.6 Å². The van der Waals surface area contributed by atoms with Gasteiger partial charge in [0.1, 0.15) is 24.4 Å². The lowest BCUT2D eigenvalue weighted by molar-refractivity contribution is -0.150. The molecule has 1 fully saturated rings. The summed E-state index contributed by atoms with van der Waals surface area (Å²) in [5.41, 5.74) is 0.809.